The smallest absolute Gasteiger partial charge is 0.319 e. The zero-order valence-corrected chi connectivity index (χ0v) is 19.6. The first-order valence-electron chi connectivity index (χ1n) is 11.6. The summed E-state index contributed by atoms with van der Waals surface area (Å²) in [6, 6.07) is 8.24. The molecule has 6 nitrogen and oxygen atoms in total. The molecule has 35 heavy (non-hydrogen) atoms. The number of ether oxygens (including phenoxy) is 2. The molecule has 0 amide bonds. The van der Waals surface area contributed by atoms with Crippen molar-refractivity contribution in [3.63, 3.8) is 0 Å². The number of hydrogen-bond acceptors (Lipinski definition) is 5. The first kappa shape index (κ1) is 23.6. The van der Waals surface area contributed by atoms with Gasteiger partial charge in [-0.3, -0.25) is 9.55 Å². The highest BCUT2D eigenvalue weighted by Gasteiger charge is 2.25. The molecule has 4 heterocycles. The minimum absolute atomic E-state index is 0.224. The van der Waals surface area contributed by atoms with Gasteiger partial charge in [0.25, 0.3) is 0 Å². The second-order valence-corrected chi connectivity index (χ2v) is 8.87. The highest BCUT2D eigenvalue weighted by Crippen LogP contribution is 2.36. The molecule has 5 rings (SSSR count). The molecular formula is C26H27F3N4O2. The molecule has 1 aliphatic rings. The van der Waals surface area contributed by atoms with Crippen LogP contribution in [0.3, 0.4) is 0 Å². The third-order valence-electron chi connectivity index (χ3n) is 6.92. The van der Waals surface area contributed by atoms with Gasteiger partial charge in [-0.25, -0.2) is 9.37 Å². The van der Waals surface area contributed by atoms with E-state index < -0.39 is 12.4 Å². The van der Waals surface area contributed by atoms with Gasteiger partial charge < -0.3 is 14.4 Å². The number of halogens is 3. The van der Waals surface area contributed by atoms with Crippen LogP contribution in [0, 0.1) is 11.7 Å². The van der Waals surface area contributed by atoms with Crippen molar-refractivity contribution in [2.45, 2.75) is 32.1 Å². The molecule has 0 unspecified atom stereocenters. The maximum Gasteiger partial charge on any atom is 0.319 e. The van der Waals surface area contributed by atoms with Crippen molar-refractivity contribution in [3.8, 4) is 11.1 Å². The van der Waals surface area contributed by atoms with Crippen LogP contribution in [0.1, 0.15) is 25.8 Å². The number of alkyl halides is 2. The molecule has 1 aromatic carbocycles. The summed E-state index contributed by atoms with van der Waals surface area (Å²) in [5.74, 6) is 0.337. The molecule has 9 heteroatoms. The summed E-state index contributed by atoms with van der Waals surface area (Å²) in [4.78, 5) is 10.4. The van der Waals surface area contributed by atoms with Crippen LogP contribution < -0.4 is 4.90 Å². The number of hydrogen-bond donors (Lipinski definition) is 0. The van der Waals surface area contributed by atoms with Gasteiger partial charge in [0.2, 0.25) is 0 Å². The van der Waals surface area contributed by atoms with E-state index in [0.717, 1.165) is 23.8 Å². The van der Waals surface area contributed by atoms with Crippen LogP contribution in [0.2, 0.25) is 0 Å². The molecule has 4 aromatic rings. The van der Waals surface area contributed by atoms with E-state index in [2.05, 4.69) is 9.97 Å². The highest BCUT2D eigenvalue weighted by molar-refractivity contribution is 6.08. The first-order valence-corrected chi connectivity index (χ1v) is 11.6. The molecule has 0 N–H and O–H groups in total. The van der Waals surface area contributed by atoms with Crippen molar-refractivity contribution in [1.29, 1.82) is 0 Å². The van der Waals surface area contributed by atoms with Crippen LogP contribution in [0.15, 0.2) is 48.9 Å². The summed E-state index contributed by atoms with van der Waals surface area (Å²) in [6.45, 7) is -1.32. The van der Waals surface area contributed by atoms with Gasteiger partial charge in [0.1, 0.15) is 0 Å². The van der Waals surface area contributed by atoms with Crippen LogP contribution in [-0.4, -0.2) is 48.1 Å². The predicted molar refractivity (Wildman–Crippen MR) is 129 cm³/mol. The summed E-state index contributed by atoms with van der Waals surface area (Å²) in [5.41, 5.74) is 1.94. The Morgan fingerprint density at radius 3 is 2.43 bits per heavy atom. The summed E-state index contributed by atoms with van der Waals surface area (Å²) in [5, 5.41) is 1.33. The Hall–Kier alpha value is -3.17. The molecule has 0 aliphatic carbocycles. The van der Waals surface area contributed by atoms with Gasteiger partial charge in [0.05, 0.1) is 11.0 Å². The highest BCUT2D eigenvalue weighted by atomic mass is 19.3. The van der Waals surface area contributed by atoms with Gasteiger partial charge in [-0.1, -0.05) is 12.1 Å². The van der Waals surface area contributed by atoms with E-state index in [0.29, 0.717) is 57.8 Å². The zero-order valence-electron chi connectivity index (χ0n) is 19.6. The monoisotopic (exact) mass is 484 g/mol. The fraction of sp³-hybridized carbons (Fsp3) is 0.385. The lowest BCUT2D eigenvalue weighted by atomic mass is 9.93. The van der Waals surface area contributed by atoms with Crippen molar-refractivity contribution >= 4 is 27.6 Å². The average Bonchev–Trinajstić information content (AvgIpc) is 3.21. The van der Waals surface area contributed by atoms with E-state index in [1.54, 1.807) is 50.9 Å². The molecule has 1 aliphatic heterocycles. The second kappa shape index (κ2) is 9.83. The van der Waals surface area contributed by atoms with Crippen molar-refractivity contribution in [2.75, 3.05) is 32.2 Å². The molecule has 0 atom stereocenters. The SMILES string of the molecule is COC(CC1CCN(c2ncc(-c3ccc4c5cnccc5n(C(F)F)c4c3)cc2F)CC1)OC. The van der Waals surface area contributed by atoms with Crippen molar-refractivity contribution < 1.29 is 22.6 Å². The first-order chi connectivity index (χ1) is 17.0. The molecule has 0 spiro atoms. The van der Waals surface area contributed by atoms with Gasteiger partial charge in [-0.05, 0) is 42.5 Å². The largest absolute Gasteiger partial charge is 0.356 e. The summed E-state index contributed by atoms with van der Waals surface area (Å²) in [7, 11) is 3.26. The standard InChI is InChI=1S/C26H27F3N4O2/c1-34-24(35-2)11-16-6-9-32(10-7-16)25-21(27)12-18(14-31-25)17-3-4-19-20-15-30-8-5-22(20)33(26(28)29)23(19)13-17/h3-5,8,12-16,24,26H,6-7,9-11H2,1-2H3. The van der Waals surface area contributed by atoms with E-state index in [9.17, 15) is 8.78 Å². The summed E-state index contributed by atoms with van der Waals surface area (Å²) >= 11 is 0. The van der Waals surface area contributed by atoms with Crippen molar-refractivity contribution in [2.24, 2.45) is 5.92 Å². The maximum absolute atomic E-state index is 15.1. The molecule has 3 aromatic heterocycles. The predicted octanol–water partition coefficient (Wildman–Crippen LogP) is 6.01. The lowest BCUT2D eigenvalue weighted by molar-refractivity contribution is -0.115. The fourth-order valence-corrected chi connectivity index (χ4v) is 5.05. The molecule has 1 saturated heterocycles. The van der Waals surface area contributed by atoms with Gasteiger partial charge in [0.15, 0.2) is 17.9 Å². The van der Waals surface area contributed by atoms with Gasteiger partial charge in [0, 0.05) is 68.7 Å². The molecule has 0 bridgehead atoms. The molecule has 0 radical (unpaired) electrons. The number of anilines is 1. The van der Waals surface area contributed by atoms with Gasteiger partial charge >= 0.3 is 6.55 Å². The minimum atomic E-state index is -2.71. The van der Waals surface area contributed by atoms with E-state index in [-0.39, 0.29) is 6.29 Å². The van der Waals surface area contributed by atoms with E-state index >= 15 is 4.39 Å². The lowest BCUT2D eigenvalue weighted by Crippen LogP contribution is -2.36. The average molecular weight is 485 g/mol. The number of benzene rings is 1. The van der Waals surface area contributed by atoms with E-state index in [1.165, 1.54) is 12.3 Å². The molecular weight excluding hydrogens is 457 g/mol. The van der Waals surface area contributed by atoms with Crippen molar-refractivity contribution in [1.82, 2.24) is 14.5 Å². The van der Waals surface area contributed by atoms with Crippen LogP contribution in [-0.2, 0) is 9.47 Å². The van der Waals surface area contributed by atoms with E-state index in [4.69, 9.17) is 9.47 Å². The lowest BCUT2D eigenvalue weighted by Gasteiger charge is -2.34. The van der Waals surface area contributed by atoms with Crippen molar-refractivity contribution in [3.05, 3.63) is 54.7 Å². The third kappa shape index (κ3) is 4.46. The number of piperidine rings is 1. The Balaban J connectivity index is 1.39. The normalized spacial score (nSPS) is 15.2. The summed E-state index contributed by atoms with van der Waals surface area (Å²) < 4.78 is 54.5. The van der Waals surface area contributed by atoms with Gasteiger partial charge in [-0.15, -0.1) is 0 Å². The maximum atomic E-state index is 15.1. The number of pyridine rings is 2. The van der Waals surface area contributed by atoms with Crippen LogP contribution >= 0.6 is 0 Å². The molecule has 0 saturated carbocycles. The Morgan fingerprint density at radius 2 is 1.74 bits per heavy atom. The number of nitrogens with zero attached hydrogens (tertiary/aromatic N) is 4. The molecule has 184 valence electrons. The minimum Gasteiger partial charge on any atom is -0.356 e. The number of rotatable bonds is 7. The quantitative estimate of drug-likeness (QED) is 0.301. The van der Waals surface area contributed by atoms with Gasteiger partial charge in [-0.2, -0.15) is 8.78 Å². The number of fused-ring (bicyclic) bond motifs is 3. The number of methoxy groups -OCH3 is 2. The third-order valence-corrected chi connectivity index (χ3v) is 6.92. The Morgan fingerprint density at radius 1 is 0.971 bits per heavy atom. The van der Waals surface area contributed by atoms with Crippen LogP contribution in [0.4, 0.5) is 19.0 Å². The summed E-state index contributed by atoms with van der Waals surface area (Å²) in [6.07, 6.45) is 7.07. The van der Waals surface area contributed by atoms with Crippen LogP contribution in [0.25, 0.3) is 32.9 Å². The molecule has 1 fully saturated rings. The number of aromatic nitrogens is 3. The fourth-order valence-electron chi connectivity index (χ4n) is 5.05. The van der Waals surface area contributed by atoms with Crippen LogP contribution in [0.5, 0.6) is 0 Å². The topological polar surface area (TPSA) is 52.4 Å². The van der Waals surface area contributed by atoms with E-state index in [1.807, 2.05) is 4.90 Å². The Bertz CT molecular complexity index is 1330. The zero-order chi connectivity index (χ0) is 24.5. The Kier molecular flexibility index (Phi) is 6.62. The second-order valence-electron chi connectivity index (χ2n) is 8.87. The Labute approximate surface area is 201 Å².